The third-order valence-corrected chi connectivity index (χ3v) is 5.43. The van der Waals surface area contributed by atoms with Crippen molar-refractivity contribution in [2.45, 2.75) is 39.2 Å². The fourth-order valence-corrected chi connectivity index (χ4v) is 4.01. The highest BCUT2D eigenvalue weighted by Crippen LogP contribution is 2.24. The van der Waals surface area contributed by atoms with Crippen LogP contribution in [0.15, 0.2) is 17.1 Å². The predicted octanol–water partition coefficient (Wildman–Crippen LogP) is 1.90. The van der Waals surface area contributed by atoms with Crippen LogP contribution in [-0.4, -0.2) is 52.5 Å². The zero-order valence-corrected chi connectivity index (χ0v) is 14.9. The lowest BCUT2D eigenvalue weighted by Crippen LogP contribution is -2.47. The van der Waals surface area contributed by atoms with Crippen molar-refractivity contribution in [3.8, 4) is 0 Å². The number of piperidine rings is 1. The minimum absolute atomic E-state index is 0.00629. The molecule has 1 amide bonds. The number of hydrogen-bond donors (Lipinski definition) is 0. The molecule has 2 heterocycles. The Balaban J connectivity index is 1.78. The summed E-state index contributed by atoms with van der Waals surface area (Å²) in [5.74, 6) is 0.0615. The van der Waals surface area contributed by atoms with Crippen LogP contribution in [0, 0.1) is 0 Å². The first-order chi connectivity index (χ1) is 11.6. The molecule has 0 N–H and O–H groups in total. The van der Waals surface area contributed by atoms with Gasteiger partial charge in [-0.15, -0.1) is 0 Å². The topological polar surface area (TPSA) is 45.5 Å². The SMILES string of the molecule is CCN(CC)C1CCN(C(=O)c2cn(C)c(=O)c3c2C=CC3)CC1. The van der Waals surface area contributed by atoms with Gasteiger partial charge in [-0.25, -0.2) is 0 Å². The smallest absolute Gasteiger partial charge is 0.255 e. The summed E-state index contributed by atoms with van der Waals surface area (Å²) in [6.07, 6.45) is 8.28. The number of aromatic nitrogens is 1. The molecule has 0 unspecified atom stereocenters. The van der Waals surface area contributed by atoms with Crippen molar-refractivity contribution >= 4 is 12.0 Å². The quantitative estimate of drug-likeness (QED) is 0.847. The molecule has 24 heavy (non-hydrogen) atoms. The van der Waals surface area contributed by atoms with E-state index in [0.717, 1.165) is 50.1 Å². The number of nitrogens with zero attached hydrogens (tertiary/aromatic N) is 3. The summed E-state index contributed by atoms with van der Waals surface area (Å²) >= 11 is 0. The molecule has 130 valence electrons. The van der Waals surface area contributed by atoms with E-state index in [1.807, 2.05) is 17.1 Å². The van der Waals surface area contributed by atoms with Crippen molar-refractivity contribution in [1.82, 2.24) is 14.4 Å². The highest BCUT2D eigenvalue weighted by atomic mass is 16.2. The molecule has 0 bridgehead atoms. The number of amides is 1. The van der Waals surface area contributed by atoms with Crippen molar-refractivity contribution in [2.24, 2.45) is 7.05 Å². The van der Waals surface area contributed by atoms with Gasteiger partial charge >= 0.3 is 0 Å². The number of pyridine rings is 1. The monoisotopic (exact) mass is 329 g/mol. The molecule has 1 aliphatic heterocycles. The Bertz CT molecular complexity index is 708. The lowest BCUT2D eigenvalue weighted by Gasteiger charge is -2.37. The minimum Gasteiger partial charge on any atom is -0.338 e. The summed E-state index contributed by atoms with van der Waals surface area (Å²) in [5, 5.41) is 0. The van der Waals surface area contributed by atoms with Crippen LogP contribution < -0.4 is 5.56 Å². The van der Waals surface area contributed by atoms with Crippen LogP contribution in [0.4, 0.5) is 0 Å². The second-order valence-corrected chi connectivity index (χ2v) is 6.70. The summed E-state index contributed by atoms with van der Waals surface area (Å²) in [4.78, 5) is 29.6. The van der Waals surface area contributed by atoms with E-state index in [-0.39, 0.29) is 11.5 Å². The number of carbonyl (C=O) groups excluding carboxylic acids is 1. The van der Waals surface area contributed by atoms with Crippen molar-refractivity contribution < 1.29 is 4.79 Å². The van der Waals surface area contributed by atoms with Crippen LogP contribution >= 0.6 is 0 Å². The Kier molecular flexibility index (Phi) is 4.90. The molecule has 1 aromatic rings. The first kappa shape index (κ1) is 17.0. The van der Waals surface area contributed by atoms with Crippen LogP contribution in [0.25, 0.3) is 6.08 Å². The molecule has 1 fully saturated rings. The van der Waals surface area contributed by atoms with Gasteiger partial charge in [-0.1, -0.05) is 26.0 Å². The molecule has 0 aromatic carbocycles. The summed E-state index contributed by atoms with van der Waals surface area (Å²) in [7, 11) is 1.73. The summed E-state index contributed by atoms with van der Waals surface area (Å²) in [6, 6.07) is 0.579. The van der Waals surface area contributed by atoms with Gasteiger partial charge in [0.25, 0.3) is 11.5 Å². The molecular formula is C19H27N3O2. The zero-order chi connectivity index (χ0) is 17.3. The summed E-state index contributed by atoms with van der Waals surface area (Å²) < 4.78 is 1.54. The molecule has 0 spiro atoms. The van der Waals surface area contributed by atoms with Crippen LogP contribution in [0.2, 0.25) is 0 Å². The Morgan fingerprint density at radius 1 is 1.25 bits per heavy atom. The van der Waals surface area contributed by atoms with E-state index < -0.39 is 0 Å². The molecule has 1 aromatic heterocycles. The first-order valence-electron chi connectivity index (χ1n) is 8.99. The van der Waals surface area contributed by atoms with Crippen molar-refractivity contribution in [1.29, 1.82) is 0 Å². The second kappa shape index (κ2) is 6.93. The van der Waals surface area contributed by atoms with E-state index in [0.29, 0.717) is 18.0 Å². The predicted molar refractivity (Wildman–Crippen MR) is 96.3 cm³/mol. The van der Waals surface area contributed by atoms with Crippen molar-refractivity contribution in [3.05, 3.63) is 39.3 Å². The highest BCUT2D eigenvalue weighted by Gasteiger charge is 2.28. The standard InChI is InChI=1S/C19H27N3O2/c1-4-21(5-2)14-9-11-22(12-10-14)19(24)17-13-20(3)18(23)16-8-6-7-15(16)17/h6-7,13-14H,4-5,8-12H2,1-3H3. The maximum atomic E-state index is 13.0. The van der Waals surface area contributed by atoms with E-state index in [2.05, 4.69) is 18.7 Å². The van der Waals surface area contributed by atoms with Gasteiger partial charge in [-0.3, -0.25) is 9.59 Å². The number of hydrogen-bond acceptors (Lipinski definition) is 3. The average Bonchev–Trinajstić information content (AvgIpc) is 3.09. The molecule has 0 saturated carbocycles. The van der Waals surface area contributed by atoms with Gasteiger partial charge in [0.05, 0.1) is 5.56 Å². The van der Waals surface area contributed by atoms with E-state index in [1.54, 1.807) is 17.8 Å². The number of aryl methyl sites for hydroxylation is 1. The third kappa shape index (κ3) is 2.93. The number of rotatable bonds is 4. The van der Waals surface area contributed by atoms with Crippen molar-refractivity contribution in [3.63, 3.8) is 0 Å². The number of allylic oxidation sites excluding steroid dienone is 1. The van der Waals surface area contributed by atoms with Gasteiger partial charge < -0.3 is 14.4 Å². The fraction of sp³-hybridized carbons (Fsp3) is 0.579. The molecule has 1 aliphatic carbocycles. The number of likely N-dealkylation sites (tertiary alicyclic amines) is 1. The van der Waals surface area contributed by atoms with E-state index in [4.69, 9.17) is 0 Å². The van der Waals surface area contributed by atoms with Crippen LogP contribution in [0.5, 0.6) is 0 Å². The van der Waals surface area contributed by atoms with Crippen LogP contribution in [0.1, 0.15) is 48.2 Å². The van der Waals surface area contributed by atoms with Gasteiger partial charge in [-0.05, 0) is 37.9 Å². The van der Waals surface area contributed by atoms with Crippen LogP contribution in [-0.2, 0) is 13.5 Å². The Hall–Kier alpha value is -1.88. The molecule has 1 saturated heterocycles. The maximum Gasteiger partial charge on any atom is 0.255 e. The van der Waals surface area contributed by atoms with Gasteiger partial charge in [0.1, 0.15) is 0 Å². The highest BCUT2D eigenvalue weighted by molar-refractivity contribution is 5.98. The minimum atomic E-state index is 0.00629. The average molecular weight is 329 g/mol. The van der Waals surface area contributed by atoms with E-state index in [1.165, 1.54) is 0 Å². The zero-order valence-electron chi connectivity index (χ0n) is 14.9. The molecule has 5 nitrogen and oxygen atoms in total. The van der Waals surface area contributed by atoms with Gasteiger partial charge in [-0.2, -0.15) is 0 Å². The van der Waals surface area contributed by atoms with Crippen molar-refractivity contribution in [2.75, 3.05) is 26.2 Å². The van der Waals surface area contributed by atoms with Gasteiger partial charge in [0.2, 0.25) is 0 Å². The molecule has 0 radical (unpaired) electrons. The largest absolute Gasteiger partial charge is 0.338 e. The molecular weight excluding hydrogens is 302 g/mol. The molecule has 0 atom stereocenters. The van der Waals surface area contributed by atoms with Crippen LogP contribution in [0.3, 0.4) is 0 Å². The third-order valence-electron chi connectivity index (χ3n) is 5.43. The molecule has 3 rings (SSSR count). The summed E-state index contributed by atoms with van der Waals surface area (Å²) in [5.41, 5.74) is 2.25. The van der Waals surface area contributed by atoms with E-state index in [9.17, 15) is 9.59 Å². The number of fused-ring (bicyclic) bond motifs is 1. The van der Waals surface area contributed by atoms with Gasteiger partial charge in [0.15, 0.2) is 0 Å². The molecule has 2 aliphatic rings. The lowest BCUT2D eigenvalue weighted by molar-refractivity contribution is 0.0630. The second-order valence-electron chi connectivity index (χ2n) is 6.70. The number of carbonyl (C=O) groups is 1. The Morgan fingerprint density at radius 3 is 2.54 bits per heavy atom. The lowest BCUT2D eigenvalue weighted by atomic mass is 10.0. The maximum absolute atomic E-state index is 13.0. The fourth-order valence-electron chi connectivity index (χ4n) is 4.01. The Labute approximate surface area is 143 Å². The normalized spacial score (nSPS) is 17.6. The first-order valence-corrected chi connectivity index (χ1v) is 8.99. The summed E-state index contributed by atoms with van der Waals surface area (Å²) in [6.45, 7) is 8.10. The van der Waals surface area contributed by atoms with E-state index >= 15 is 0 Å². The molecule has 5 heteroatoms. The Morgan fingerprint density at radius 2 is 1.92 bits per heavy atom. The van der Waals surface area contributed by atoms with Gasteiger partial charge in [0, 0.05) is 37.9 Å².